The molecule has 120 valence electrons. The average Bonchev–Trinajstić information content (AvgIpc) is 2.71. The van der Waals surface area contributed by atoms with Crippen LogP contribution in [0.1, 0.15) is 24.0 Å². The van der Waals surface area contributed by atoms with Gasteiger partial charge in [0.15, 0.2) is 0 Å². The van der Waals surface area contributed by atoms with Gasteiger partial charge in [-0.1, -0.05) is 24.3 Å². The smallest absolute Gasteiger partial charge is 0.145 e. The molecule has 0 nitrogen and oxygen atoms in total. The van der Waals surface area contributed by atoms with Crippen molar-refractivity contribution in [2.24, 2.45) is 0 Å². The Morgan fingerprint density at radius 3 is 1.24 bits per heavy atom. The Hall–Kier alpha value is -1.60. The minimum absolute atomic E-state index is 0. The van der Waals surface area contributed by atoms with Gasteiger partial charge in [-0.15, -0.1) is 108 Å². The first-order chi connectivity index (χ1) is 11.9. The summed E-state index contributed by atoms with van der Waals surface area (Å²) in [6, 6.07) is 21.0. The molecule has 2 aliphatic rings. The van der Waals surface area contributed by atoms with Gasteiger partial charge in [-0.2, -0.15) is 0 Å². The molecule has 0 heterocycles. The molecule has 2 aromatic carbocycles. The molecule has 0 saturated carbocycles. The Balaban J connectivity index is 0.000000173. The van der Waals surface area contributed by atoms with Gasteiger partial charge in [0.1, 0.15) is 0 Å². The second-order valence-electron chi connectivity index (χ2n) is 5.77. The Kier molecular flexibility index (Phi) is 8.76. The van der Waals surface area contributed by atoms with Crippen LogP contribution in [0.3, 0.4) is 0 Å². The Bertz CT molecular complexity index is 658. The first kappa shape index (κ1) is 19.7. The van der Waals surface area contributed by atoms with Crippen LogP contribution in [0.15, 0.2) is 109 Å². The second-order valence-corrected chi connectivity index (χ2v) is 5.77. The molecule has 0 aliphatic heterocycles. The van der Waals surface area contributed by atoms with Crippen molar-refractivity contribution >= 4 is 37.7 Å². The molecule has 2 aliphatic carbocycles. The van der Waals surface area contributed by atoms with E-state index in [1.807, 2.05) is 12.1 Å². The minimum atomic E-state index is 0. The summed E-state index contributed by atoms with van der Waals surface area (Å²) in [7, 11) is 0. The maximum atomic E-state index is 2.18. The quantitative estimate of drug-likeness (QED) is 0.469. The van der Waals surface area contributed by atoms with E-state index in [4.69, 9.17) is 0 Å². The number of rotatable bonds is 2. The fraction of sp³-hybridized carbons (Fsp3) is 0.0833. The predicted octanol–water partition coefficient (Wildman–Crippen LogP) is 5.87. The zero-order chi connectivity index (χ0) is 16.5. The minimum Gasteiger partial charge on any atom is -0.145 e. The van der Waals surface area contributed by atoms with E-state index in [1.165, 1.54) is 23.0 Å². The second kappa shape index (κ2) is 11.1. The van der Waals surface area contributed by atoms with Crippen LogP contribution in [0.4, 0.5) is 0 Å². The van der Waals surface area contributed by atoms with Crippen molar-refractivity contribution in [3.63, 3.8) is 0 Å². The van der Waals surface area contributed by atoms with Gasteiger partial charge in [0, 0.05) is 0 Å². The maximum absolute atomic E-state index is 2.18. The van der Waals surface area contributed by atoms with Crippen molar-refractivity contribution in [1.29, 1.82) is 0 Å². The monoisotopic (exact) mass is 350 g/mol. The summed E-state index contributed by atoms with van der Waals surface area (Å²) in [5.74, 6) is 2.80. The normalized spacial score (nSPS) is 14.6. The van der Waals surface area contributed by atoms with Crippen molar-refractivity contribution < 1.29 is 0 Å². The van der Waals surface area contributed by atoms with Gasteiger partial charge in [-0.3, -0.25) is 0 Å². The van der Waals surface area contributed by atoms with Crippen LogP contribution in [-0.4, -0.2) is 37.7 Å². The van der Waals surface area contributed by atoms with E-state index in [0.717, 1.165) is 12.8 Å². The molecule has 0 amide bonds. The third-order valence-corrected chi connectivity index (χ3v) is 4.05. The molecule has 0 saturated heterocycles. The van der Waals surface area contributed by atoms with E-state index in [0.29, 0.717) is 0 Å². The molecule has 2 aromatic rings. The Labute approximate surface area is 181 Å². The van der Waals surface area contributed by atoms with Crippen LogP contribution >= 0.6 is 0 Å². The van der Waals surface area contributed by atoms with Crippen LogP contribution in [0, 0.1) is 11.8 Å². The first-order valence-electron chi connectivity index (χ1n) is 8.42. The van der Waals surface area contributed by atoms with Crippen molar-refractivity contribution in [2.45, 2.75) is 12.8 Å². The Morgan fingerprint density at radius 2 is 0.920 bits per heavy atom. The van der Waals surface area contributed by atoms with E-state index in [9.17, 15) is 0 Å². The molecule has 0 bridgehead atoms. The molecule has 0 fully saturated rings. The summed E-state index contributed by atoms with van der Waals surface area (Å²) in [6.07, 6.45) is 19.2. The van der Waals surface area contributed by atoms with Crippen molar-refractivity contribution in [2.75, 3.05) is 0 Å². The largest absolute Gasteiger partial charge is 2.00 e. The first-order valence-corrected chi connectivity index (χ1v) is 8.42. The zero-order valence-corrected chi connectivity index (χ0v) is 16.7. The molecule has 25 heavy (non-hydrogen) atoms. The van der Waals surface area contributed by atoms with E-state index in [1.54, 1.807) is 0 Å². The zero-order valence-electron chi connectivity index (χ0n) is 14.5. The fourth-order valence-electron chi connectivity index (χ4n) is 2.76. The van der Waals surface area contributed by atoms with Gasteiger partial charge in [0.25, 0.3) is 0 Å². The van der Waals surface area contributed by atoms with E-state index in [-0.39, 0.29) is 37.7 Å². The Morgan fingerprint density at radius 1 is 0.520 bits per heavy atom. The predicted molar refractivity (Wildman–Crippen MR) is 109 cm³/mol. The van der Waals surface area contributed by atoms with Gasteiger partial charge in [-0.05, 0) is 12.8 Å². The SMILES string of the molecule is C1=CC[C-](c2ccccc2)C=C1.C1=CC[C-](c2ccccc2)C=C1.[Ca+2]. The van der Waals surface area contributed by atoms with Crippen LogP contribution in [0.2, 0.25) is 0 Å². The van der Waals surface area contributed by atoms with Crippen molar-refractivity contribution in [3.05, 3.63) is 132 Å². The average molecular weight is 351 g/mol. The van der Waals surface area contributed by atoms with E-state index in [2.05, 4.69) is 97.1 Å². The van der Waals surface area contributed by atoms with E-state index >= 15 is 0 Å². The fourth-order valence-corrected chi connectivity index (χ4v) is 2.76. The molecule has 0 radical (unpaired) electrons. The summed E-state index contributed by atoms with van der Waals surface area (Å²) >= 11 is 0. The number of hydrogen-bond donors (Lipinski definition) is 0. The maximum Gasteiger partial charge on any atom is 2.00 e. The molecular weight excluding hydrogens is 328 g/mol. The van der Waals surface area contributed by atoms with Gasteiger partial charge < -0.3 is 0 Å². The molecule has 1 heteroatoms. The summed E-state index contributed by atoms with van der Waals surface area (Å²) < 4.78 is 0. The molecule has 4 rings (SSSR count). The number of allylic oxidation sites excluding steroid dienone is 8. The third kappa shape index (κ3) is 6.32. The topological polar surface area (TPSA) is 0 Å². The summed E-state index contributed by atoms with van der Waals surface area (Å²) in [5.41, 5.74) is 2.66. The van der Waals surface area contributed by atoms with Crippen molar-refractivity contribution in [1.82, 2.24) is 0 Å². The molecule has 0 unspecified atom stereocenters. The van der Waals surface area contributed by atoms with Crippen LogP contribution in [0.5, 0.6) is 0 Å². The molecular formula is C24H22Ca. The van der Waals surface area contributed by atoms with E-state index < -0.39 is 0 Å². The molecule has 0 atom stereocenters. The standard InChI is InChI=1S/2C12H11.Ca/c2*1-3-7-11(8-4-1)12-9-5-2-6-10-12;/h2*1-9H,10H2;/q2*-1;+2. The van der Waals surface area contributed by atoms with Crippen LogP contribution in [0.25, 0.3) is 0 Å². The third-order valence-electron chi connectivity index (χ3n) is 4.05. The van der Waals surface area contributed by atoms with Gasteiger partial charge in [-0.25, -0.2) is 0 Å². The van der Waals surface area contributed by atoms with Gasteiger partial charge in [0.2, 0.25) is 0 Å². The molecule has 0 aromatic heterocycles. The van der Waals surface area contributed by atoms with Crippen molar-refractivity contribution in [3.8, 4) is 0 Å². The number of benzene rings is 2. The molecule has 0 N–H and O–H groups in total. The van der Waals surface area contributed by atoms with Gasteiger partial charge >= 0.3 is 37.7 Å². The summed E-state index contributed by atoms with van der Waals surface area (Å²) in [6.45, 7) is 0. The summed E-state index contributed by atoms with van der Waals surface area (Å²) in [4.78, 5) is 0. The number of hydrogen-bond acceptors (Lipinski definition) is 0. The molecule has 0 spiro atoms. The van der Waals surface area contributed by atoms with Crippen LogP contribution < -0.4 is 0 Å². The summed E-state index contributed by atoms with van der Waals surface area (Å²) in [5, 5.41) is 0. The van der Waals surface area contributed by atoms with Gasteiger partial charge in [0.05, 0.1) is 0 Å². The van der Waals surface area contributed by atoms with Crippen LogP contribution in [-0.2, 0) is 0 Å².